The maximum Gasteiger partial charge on any atom is 0.407 e. The van der Waals surface area contributed by atoms with Crippen molar-refractivity contribution in [3.05, 3.63) is 121 Å². The van der Waals surface area contributed by atoms with Crippen LogP contribution in [0.15, 0.2) is 103 Å². The minimum atomic E-state index is -0.682. The van der Waals surface area contributed by atoms with Gasteiger partial charge in [-0.25, -0.2) is 14.8 Å². The number of H-pyrrole nitrogens is 2. The predicted octanol–water partition coefficient (Wildman–Crippen LogP) is 8.07. The van der Waals surface area contributed by atoms with E-state index in [1.807, 2.05) is 54.2 Å². The number of hydrogen-bond donors (Lipinski definition) is 3. The molecule has 3 aliphatic heterocycles. The van der Waals surface area contributed by atoms with Gasteiger partial charge in [-0.2, -0.15) is 0 Å². The summed E-state index contributed by atoms with van der Waals surface area (Å²) in [6, 6.07) is 30.2. The lowest BCUT2D eigenvalue weighted by Gasteiger charge is -2.37. The van der Waals surface area contributed by atoms with Gasteiger partial charge in [-0.15, -0.1) is 0 Å². The fraction of sp³-hybridized carbons (Fsp3) is 0.367. The van der Waals surface area contributed by atoms with Gasteiger partial charge in [0.2, 0.25) is 11.8 Å². The second kappa shape index (κ2) is 18.0. The van der Waals surface area contributed by atoms with Crippen LogP contribution < -0.4 is 5.32 Å². The second-order valence-electron chi connectivity index (χ2n) is 16.9. The number of amides is 3. The van der Waals surface area contributed by atoms with Gasteiger partial charge >= 0.3 is 6.09 Å². The van der Waals surface area contributed by atoms with Gasteiger partial charge in [0.05, 0.1) is 56.2 Å². The van der Waals surface area contributed by atoms with Crippen molar-refractivity contribution in [1.29, 1.82) is 0 Å². The van der Waals surface area contributed by atoms with Gasteiger partial charge in [0.25, 0.3) is 0 Å². The van der Waals surface area contributed by atoms with Crippen molar-refractivity contribution < 1.29 is 23.9 Å². The number of aromatic nitrogens is 4. The fourth-order valence-electron chi connectivity index (χ4n) is 9.39. The summed E-state index contributed by atoms with van der Waals surface area (Å²) in [4.78, 5) is 62.7. The van der Waals surface area contributed by atoms with Gasteiger partial charge in [-0.3, -0.25) is 14.5 Å². The fourth-order valence-corrected chi connectivity index (χ4v) is 9.39. The highest BCUT2D eigenvalue weighted by atomic mass is 16.5. The number of methoxy groups -OCH3 is 1. The summed E-state index contributed by atoms with van der Waals surface area (Å²) in [5, 5.41) is 4.94. The van der Waals surface area contributed by atoms with E-state index in [-0.39, 0.29) is 35.9 Å². The number of ether oxygens (including phenoxy) is 2. The van der Waals surface area contributed by atoms with E-state index < -0.39 is 12.1 Å². The number of fused-ring (bicyclic) bond motifs is 1. The lowest BCUT2D eigenvalue weighted by molar-refractivity contribution is -0.140. The van der Waals surface area contributed by atoms with Crippen LogP contribution in [0.4, 0.5) is 4.79 Å². The molecule has 13 nitrogen and oxygen atoms in total. The predicted molar refractivity (Wildman–Crippen MR) is 238 cm³/mol. The number of rotatable bonds is 11. The Bertz CT molecular complexity index is 2530. The smallest absolute Gasteiger partial charge is 0.407 e. The van der Waals surface area contributed by atoms with Crippen molar-refractivity contribution in [3.63, 3.8) is 0 Å². The van der Waals surface area contributed by atoms with Crippen LogP contribution in [0.2, 0.25) is 0 Å². The van der Waals surface area contributed by atoms with Crippen LogP contribution >= 0.6 is 0 Å². The van der Waals surface area contributed by atoms with Crippen molar-refractivity contribution in [2.24, 2.45) is 5.92 Å². The highest BCUT2D eigenvalue weighted by Crippen LogP contribution is 2.37. The molecule has 4 aromatic carbocycles. The number of morpholine rings is 1. The molecule has 3 saturated heterocycles. The van der Waals surface area contributed by atoms with E-state index in [1.54, 1.807) is 0 Å². The normalized spacial score (nSPS) is 19.2. The zero-order valence-electron chi connectivity index (χ0n) is 35.6. The van der Waals surface area contributed by atoms with Crippen LogP contribution in [0, 0.1) is 5.92 Å². The average molecular weight is 835 g/mol. The Morgan fingerprint density at radius 3 is 1.85 bits per heavy atom. The Balaban J connectivity index is 0.873. The SMILES string of the molecule is COC(=O)N[C@H](C(=O)N1CCC[C@H]1c1ncc(-c2ccc3cc(-c4ccc(-c5cnc(C6CCCN6C(=O)C(c6ccccc6)N6CCOCC6)[nH]5)cc4)ccc3c2)[nH]1)C(C)C. The Hall–Kier alpha value is -6.31. The molecule has 9 rings (SSSR count). The molecule has 0 saturated carbocycles. The van der Waals surface area contributed by atoms with Crippen LogP contribution in [0.5, 0.6) is 0 Å². The third kappa shape index (κ3) is 8.34. The topological polar surface area (TPSA) is 149 Å². The first kappa shape index (κ1) is 41.1. The number of aromatic amines is 2. The monoisotopic (exact) mass is 834 g/mol. The van der Waals surface area contributed by atoms with Gasteiger partial charge in [0.15, 0.2) is 0 Å². The minimum absolute atomic E-state index is 0.0995. The summed E-state index contributed by atoms with van der Waals surface area (Å²) in [6.07, 6.45) is 6.55. The number of nitrogens with one attached hydrogen (secondary N) is 3. The molecule has 62 heavy (non-hydrogen) atoms. The Morgan fingerprint density at radius 2 is 1.24 bits per heavy atom. The molecule has 3 amide bonds. The first-order chi connectivity index (χ1) is 30.2. The molecule has 4 atom stereocenters. The molecule has 2 unspecified atom stereocenters. The van der Waals surface area contributed by atoms with E-state index in [2.05, 4.69) is 93.0 Å². The van der Waals surface area contributed by atoms with Crippen LogP contribution in [-0.2, 0) is 19.1 Å². The van der Waals surface area contributed by atoms with Gasteiger partial charge in [0.1, 0.15) is 23.7 Å². The molecule has 3 aliphatic rings. The summed E-state index contributed by atoms with van der Waals surface area (Å²) in [6.45, 7) is 7.85. The molecule has 320 valence electrons. The molecule has 0 bridgehead atoms. The number of carbonyl (C=O) groups is 3. The first-order valence-electron chi connectivity index (χ1n) is 21.8. The second-order valence-corrected chi connectivity index (χ2v) is 16.9. The maximum absolute atomic E-state index is 14.4. The molecule has 0 spiro atoms. The molecule has 0 radical (unpaired) electrons. The van der Waals surface area contributed by atoms with Crippen molar-refractivity contribution in [2.45, 2.75) is 63.7 Å². The minimum Gasteiger partial charge on any atom is -0.453 e. The van der Waals surface area contributed by atoms with E-state index in [4.69, 9.17) is 19.4 Å². The summed E-state index contributed by atoms with van der Waals surface area (Å²) in [5.41, 5.74) is 7.09. The van der Waals surface area contributed by atoms with Crippen molar-refractivity contribution in [2.75, 3.05) is 46.5 Å². The Kier molecular flexibility index (Phi) is 11.9. The highest BCUT2D eigenvalue weighted by Gasteiger charge is 2.40. The van der Waals surface area contributed by atoms with Gasteiger partial charge in [-0.1, -0.05) is 92.7 Å². The standard InChI is InChI=1S/C49H54N8O5/c1-31(2)43(54-49(60)61-3)47(58)56-21-7-11-41(56)45-51-30-40(53-45)38-20-19-36-27-35(17-18-37(36)28-38)32-13-15-33(16-14-32)39-29-50-46(52-39)42-12-8-22-57(42)48(59)44(34-9-5-4-6-10-34)55-23-25-62-26-24-55/h4-6,9-10,13-20,27-31,41-44H,7-8,11-12,21-26H2,1-3H3,(H,50,52)(H,51,53)(H,54,60)/t41-,42?,43-,44?/m0/s1. The summed E-state index contributed by atoms with van der Waals surface area (Å²) in [7, 11) is 1.30. The van der Waals surface area contributed by atoms with E-state index in [1.165, 1.54) is 7.11 Å². The Morgan fingerprint density at radius 1 is 0.694 bits per heavy atom. The highest BCUT2D eigenvalue weighted by molar-refractivity contribution is 5.91. The number of hydrogen-bond acceptors (Lipinski definition) is 8. The average Bonchev–Trinajstić information content (AvgIpc) is 4.16. The third-order valence-corrected chi connectivity index (χ3v) is 12.7. The number of carbonyl (C=O) groups excluding carboxylic acids is 3. The van der Waals surface area contributed by atoms with Crippen LogP contribution in [0.1, 0.15) is 74.9 Å². The zero-order valence-corrected chi connectivity index (χ0v) is 35.6. The van der Waals surface area contributed by atoms with E-state index >= 15 is 0 Å². The zero-order chi connectivity index (χ0) is 42.7. The van der Waals surface area contributed by atoms with Crippen molar-refractivity contribution in [3.8, 4) is 33.6 Å². The van der Waals surface area contributed by atoms with E-state index in [0.29, 0.717) is 26.3 Å². The van der Waals surface area contributed by atoms with Crippen molar-refractivity contribution >= 4 is 28.7 Å². The summed E-state index contributed by atoms with van der Waals surface area (Å²) >= 11 is 0. The molecule has 13 heteroatoms. The third-order valence-electron chi connectivity index (χ3n) is 12.7. The van der Waals surface area contributed by atoms with Crippen LogP contribution in [0.3, 0.4) is 0 Å². The summed E-state index contributed by atoms with van der Waals surface area (Å²) in [5.74, 6) is 1.46. The van der Waals surface area contributed by atoms with Gasteiger partial charge in [-0.05, 0) is 76.8 Å². The molecule has 2 aromatic heterocycles. The largest absolute Gasteiger partial charge is 0.453 e. The summed E-state index contributed by atoms with van der Waals surface area (Å²) < 4.78 is 10.4. The number of nitrogens with zero attached hydrogens (tertiary/aromatic N) is 5. The molecule has 3 N–H and O–H groups in total. The Labute approximate surface area is 361 Å². The van der Waals surface area contributed by atoms with Gasteiger partial charge < -0.3 is 34.6 Å². The molecule has 6 aromatic rings. The van der Waals surface area contributed by atoms with E-state index in [0.717, 1.165) is 100 Å². The molecule has 0 aliphatic carbocycles. The molecule has 3 fully saturated rings. The molecule has 5 heterocycles. The lowest BCUT2D eigenvalue weighted by atomic mass is 9.98. The van der Waals surface area contributed by atoms with Gasteiger partial charge in [0, 0.05) is 31.7 Å². The quantitative estimate of drug-likeness (QED) is 0.119. The number of alkyl carbamates (subject to hydrolysis) is 1. The number of likely N-dealkylation sites (tertiary alicyclic amines) is 2. The van der Waals surface area contributed by atoms with Crippen LogP contribution in [-0.4, -0.2) is 105 Å². The first-order valence-corrected chi connectivity index (χ1v) is 21.8. The van der Waals surface area contributed by atoms with Crippen molar-refractivity contribution in [1.82, 2.24) is 40.0 Å². The van der Waals surface area contributed by atoms with E-state index in [9.17, 15) is 14.4 Å². The maximum atomic E-state index is 14.4. The van der Waals surface area contributed by atoms with Crippen LogP contribution in [0.25, 0.3) is 44.4 Å². The number of benzene rings is 4. The lowest BCUT2D eigenvalue weighted by Crippen LogP contribution is -2.51. The molecular formula is C49H54N8O5. The number of imidazole rings is 2. The molecular weight excluding hydrogens is 781 g/mol.